The van der Waals surface area contributed by atoms with E-state index in [0.717, 1.165) is 41.7 Å². The van der Waals surface area contributed by atoms with Crippen molar-refractivity contribution < 1.29 is 18.7 Å². The summed E-state index contributed by atoms with van der Waals surface area (Å²) in [7, 11) is 0. The highest BCUT2D eigenvalue weighted by atomic mass is 32.1. The molecule has 1 aromatic heterocycles. The number of rotatable bonds is 7. The minimum absolute atomic E-state index is 0.185. The molecule has 7 heteroatoms. The molecule has 32 heavy (non-hydrogen) atoms. The highest BCUT2D eigenvalue weighted by Crippen LogP contribution is 2.38. The molecule has 1 aliphatic rings. The summed E-state index contributed by atoms with van der Waals surface area (Å²) in [6, 6.07) is 15.2. The maximum absolute atomic E-state index is 13.1. The van der Waals surface area contributed by atoms with Crippen molar-refractivity contribution in [3.8, 4) is 5.75 Å². The average Bonchev–Trinajstić information content (AvgIpc) is 3.17. The van der Waals surface area contributed by atoms with Gasteiger partial charge in [-0.2, -0.15) is 0 Å². The molecule has 1 unspecified atom stereocenters. The zero-order valence-electron chi connectivity index (χ0n) is 17.8. The SMILES string of the molecule is CC(Oc1ccc(F)cc1)C(=O)Nc1sc2c(c1C(=O)NCc1ccccc1)CCCC2. The predicted octanol–water partition coefficient (Wildman–Crippen LogP) is 5.10. The second-order valence-corrected chi connectivity index (χ2v) is 8.89. The van der Waals surface area contributed by atoms with Gasteiger partial charge in [0.05, 0.1) is 5.56 Å². The van der Waals surface area contributed by atoms with Gasteiger partial charge in [-0.1, -0.05) is 30.3 Å². The third-order valence-corrected chi connectivity index (χ3v) is 6.63. The molecule has 0 radical (unpaired) electrons. The maximum Gasteiger partial charge on any atom is 0.265 e. The largest absolute Gasteiger partial charge is 0.481 e. The number of hydrogen-bond donors (Lipinski definition) is 2. The molecule has 0 fully saturated rings. The Bertz CT molecular complexity index is 1100. The lowest BCUT2D eigenvalue weighted by Gasteiger charge is -2.16. The van der Waals surface area contributed by atoms with Crippen LogP contribution in [0.3, 0.4) is 0 Å². The average molecular weight is 453 g/mol. The van der Waals surface area contributed by atoms with Crippen LogP contribution in [-0.4, -0.2) is 17.9 Å². The van der Waals surface area contributed by atoms with Crippen molar-refractivity contribution in [2.24, 2.45) is 0 Å². The molecule has 2 aromatic carbocycles. The molecule has 0 saturated carbocycles. The number of carbonyl (C=O) groups is 2. The van der Waals surface area contributed by atoms with Gasteiger partial charge in [0.1, 0.15) is 16.6 Å². The van der Waals surface area contributed by atoms with Crippen LogP contribution in [0.1, 0.15) is 46.1 Å². The van der Waals surface area contributed by atoms with Crippen LogP contribution in [0.5, 0.6) is 5.75 Å². The summed E-state index contributed by atoms with van der Waals surface area (Å²) in [4.78, 5) is 27.1. The molecule has 1 atom stereocenters. The Morgan fingerprint density at radius 3 is 2.53 bits per heavy atom. The first-order chi connectivity index (χ1) is 15.5. The number of anilines is 1. The third kappa shape index (κ3) is 5.16. The van der Waals surface area contributed by atoms with E-state index in [1.807, 2.05) is 30.3 Å². The lowest BCUT2D eigenvalue weighted by atomic mass is 9.95. The van der Waals surface area contributed by atoms with Crippen LogP contribution in [0.2, 0.25) is 0 Å². The van der Waals surface area contributed by atoms with Gasteiger partial charge >= 0.3 is 0 Å². The van der Waals surface area contributed by atoms with Gasteiger partial charge in [-0.05, 0) is 68.0 Å². The van der Waals surface area contributed by atoms with Gasteiger partial charge in [-0.25, -0.2) is 4.39 Å². The van der Waals surface area contributed by atoms with Crippen molar-refractivity contribution in [1.82, 2.24) is 5.32 Å². The molecule has 1 heterocycles. The summed E-state index contributed by atoms with van der Waals surface area (Å²) in [5.74, 6) is -0.509. The fourth-order valence-corrected chi connectivity index (χ4v) is 5.03. The number of fused-ring (bicyclic) bond motifs is 1. The molecule has 0 spiro atoms. The highest BCUT2D eigenvalue weighted by molar-refractivity contribution is 7.17. The summed E-state index contributed by atoms with van der Waals surface area (Å²) in [6.07, 6.45) is 3.05. The molecule has 0 aliphatic heterocycles. The van der Waals surface area contributed by atoms with E-state index >= 15 is 0 Å². The van der Waals surface area contributed by atoms with Crippen molar-refractivity contribution in [3.05, 3.63) is 82.0 Å². The molecule has 5 nitrogen and oxygen atoms in total. The molecular weight excluding hydrogens is 427 g/mol. The first-order valence-electron chi connectivity index (χ1n) is 10.7. The first-order valence-corrected chi connectivity index (χ1v) is 11.5. The molecular formula is C25H25FN2O3S. The van der Waals surface area contributed by atoms with Gasteiger partial charge in [0, 0.05) is 11.4 Å². The number of hydrogen-bond acceptors (Lipinski definition) is 4. The Kier molecular flexibility index (Phi) is 6.85. The number of halogens is 1. The monoisotopic (exact) mass is 452 g/mol. The van der Waals surface area contributed by atoms with Gasteiger partial charge in [-0.3, -0.25) is 9.59 Å². The van der Waals surface area contributed by atoms with E-state index < -0.39 is 6.10 Å². The third-order valence-electron chi connectivity index (χ3n) is 5.43. The Morgan fingerprint density at radius 2 is 1.78 bits per heavy atom. The second kappa shape index (κ2) is 9.96. The Morgan fingerprint density at radius 1 is 1.06 bits per heavy atom. The summed E-state index contributed by atoms with van der Waals surface area (Å²) < 4.78 is 18.7. The first kappa shape index (κ1) is 22.0. The summed E-state index contributed by atoms with van der Waals surface area (Å²) >= 11 is 1.47. The number of aryl methyl sites for hydroxylation is 1. The zero-order chi connectivity index (χ0) is 22.5. The van der Waals surface area contributed by atoms with Crippen molar-refractivity contribution in [1.29, 1.82) is 0 Å². The van der Waals surface area contributed by atoms with Gasteiger partial charge in [0.2, 0.25) is 0 Å². The Labute approximate surface area is 190 Å². The fraction of sp³-hybridized carbons (Fsp3) is 0.280. The van der Waals surface area contributed by atoms with Crippen LogP contribution < -0.4 is 15.4 Å². The molecule has 4 rings (SSSR count). The number of nitrogens with one attached hydrogen (secondary N) is 2. The van der Waals surface area contributed by atoms with Gasteiger partial charge in [0.25, 0.3) is 11.8 Å². The zero-order valence-corrected chi connectivity index (χ0v) is 18.6. The fourth-order valence-electron chi connectivity index (χ4n) is 3.75. The maximum atomic E-state index is 13.1. The van der Waals surface area contributed by atoms with E-state index in [1.165, 1.54) is 35.6 Å². The smallest absolute Gasteiger partial charge is 0.265 e. The topological polar surface area (TPSA) is 67.4 Å². The summed E-state index contributed by atoms with van der Waals surface area (Å²) in [6.45, 7) is 2.04. The lowest BCUT2D eigenvalue weighted by molar-refractivity contribution is -0.122. The lowest BCUT2D eigenvalue weighted by Crippen LogP contribution is -2.31. The van der Waals surface area contributed by atoms with E-state index in [-0.39, 0.29) is 17.6 Å². The van der Waals surface area contributed by atoms with Crippen molar-refractivity contribution in [2.75, 3.05) is 5.32 Å². The Balaban J connectivity index is 1.50. The van der Waals surface area contributed by atoms with Crippen LogP contribution in [0, 0.1) is 5.82 Å². The van der Waals surface area contributed by atoms with Crippen molar-refractivity contribution in [2.45, 2.75) is 45.3 Å². The van der Waals surface area contributed by atoms with E-state index in [0.29, 0.717) is 22.9 Å². The summed E-state index contributed by atoms with van der Waals surface area (Å²) in [5.41, 5.74) is 2.61. The molecule has 2 N–H and O–H groups in total. The molecule has 0 saturated heterocycles. The minimum atomic E-state index is -0.806. The van der Waals surface area contributed by atoms with E-state index in [1.54, 1.807) is 6.92 Å². The minimum Gasteiger partial charge on any atom is -0.481 e. The number of carbonyl (C=O) groups excluding carboxylic acids is 2. The van der Waals surface area contributed by atoms with Crippen LogP contribution in [0.25, 0.3) is 0 Å². The molecule has 2 amide bonds. The van der Waals surface area contributed by atoms with Gasteiger partial charge < -0.3 is 15.4 Å². The second-order valence-electron chi connectivity index (χ2n) is 7.79. The van der Waals surface area contributed by atoms with Crippen molar-refractivity contribution >= 4 is 28.2 Å². The molecule has 1 aliphatic carbocycles. The van der Waals surface area contributed by atoms with Gasteiger partial charge in [-0.15, -0.1) is 11.3 Å². The van der Waals surface area contributed by atoms with Crippen LogP contribution >= 0.6 is 11.3 Å². The number of benzene rings is 2. The van der Waals surface area contributed by atoms with Gasteiger partial charge in [0.15, 0.2) is 6.10 Å². The number of thiophene rings is 1. The van der Waals surface area contributed by atoms with Crippen LogP contribution in [0.4, 0.5) is 9.39 Å². The Hall–Kier alpha value is -3.19. The van der Waals surface area contributed by atoms with Crippen LogP contribution in [0.15, 0.2) is 54.6 Å². The van der Waals surface area contributed by atoms with E-state index in [2.05, 4.69) is 10.6 Å². The van der Waals surface area contributed by atoms with Crippen molar-refractivity contribution in [3.63, 3.8) is 0 Å². The summed E-state index contributed by atoms with van der Waals surface area (Å²) in [5, 5.41) is 6.44. The molecule has 166 valence electrons. The number of amides is 2. The molecule has 3 aromatic rings. The van der Waals surface area contributed by atoms with Crippen LogP contribution in [-0.2, 0) is 24.2 Å². The standard InChI is InChI=1S/C25H25FN2O3S/c1-16(31-19-13-11-18(26)12-14-19)23(29)28-25-22(20-9-5-6-10-21(20)32-25)24(30)27-15-17-7-3-2-4-8-17/h2-4,7-8,11-14,16H,5-6,9-10,15H2,1H3,(H,27,30)(H,28,29). The predicted molar refractivity (Wildman–Crippen MR) is 124 cm³/mol. The highest BCUT2D eigenvalue weighted by Gasteiger charge is 2.27. The van der Waals surface area contributed by atoms with E-state index in [4.69, 9.17) is 4.74 Å². The van der Waals surface area contributed by atoms with E-state index in [9.17, 15) is 14.0 Å². The normalized spacial score (nSPS) is 13.7. The quantitative estimate of drug-likeness (QED) is 0.524. The number of ether oxygens (including phenoxy) is 1. The molecule has 0 bridgehead atoms.